The second-order valence-electron chi connectivity index (χ2n) is 5.20. The highest BCUT2D eigenvalue weighted by molar-refractivity contribution is 4.68. The maximum absolute atomic E-state index is 9.15. The SMILES string of the molecule is OC[C@@H](O)CCCCCCCCCC[C@@H]1CO1. The Kier molecular flexibility index (Phi) is 8.67. The first-order chi connectivity index (χ1) is 8.33. The van der Waals surface area contributed by atoms with Crippen LogP contribution in [0.2, 0.25) is 0 Å². The van der Waals surface area contributed by atoms with Crippen molar-refractivity contribution in [3.63, 3.8) is 0 Å². The van der Waals surface area contributed by atoms with Crippen molar-refractivity contribution >= 4 is 0 Å². The third kappa shape index (κ3) is 9.57. The molecule has 1 heterocycles. The van der Waals surface area contributed by atoms with E-state index in [1.165, 1.54) is 51.4 Å². The van der Waals surface area contributed by atoms with Crippen molar-refractivity contribution in [2.75, 3.05) is 13.2 Å². The molecule has 1 rings (SSSR count). The lowest BCUT2D eigenvalue weighted by Crippen LogP contribution is -2.10. The Bertz CT molecular complexity index is 169. The molecule has 0 spiro atoms. The molecule has 1 aliphatic rings. The van der Waals surface area contributed by atoms with Crippen LogP contribution in [0.3, 0.4) is 0 Å². The molecular formula is C14H28O3. The fraction of sp³-hybridized carbons (Fsp3) is 1.00. The van der Waals surface area contributed by atoms with Crippen LogP contribution in [0.4, 0.5) is 0 Å². The molecule has 1 saturated heterocycles. The molecule has 1 aliphatic heterocycles. The molecule has 2 N–H and O–H groups in total. The molecule has 0 saturated carbocycles. The molecule has 1 fully saturated rings. The van der Waals surface area contributed by atoms with E-state index in [0.29, 0.717) is 6.10 Å². The highest BCUT2D eigenvalue weighted by Crippen LogP contribution is 2.18. The number of rotatable bonds is 12. The molecule has 102 valence electrons. The van der Waals surface area contributed by atoms with Crippen LogP contribution in [0, 0.1) is 0 Å². The van der Waals surface area contributed by atoms with Gasteiger partial charge in [-0.05, 0) is 12.8 Å². The van der Waals surface area contributed by atoms with Gasteiger partial charge in [-0.1, -0.05) is 51.4 Å². The van der Waals surface area contributed by atoms with Crippen molar-refractivity contribution in [1.82, 2.24) is 0 Å². The van der Waals surface area contributed by atoms with E-state index in [1.807, 2.05) is 0 Å². The molecular weight excluding hydrogens is 216 g/mol. The largest absolute Gasteiger partial charge is 0.394 e. The number of hydrogen-bond acceptors (Lipinski definition) is 3. The zero-order valence-corrected chi connectivity index (χ0v) is 10.9. The lowest BCUT2D eigenvalue weighted by atomic mass is 10.0. The molecule has 17 heavy (non-hydrogen) atoms. The van der Waals surface area contributed by atoms with Crippen LogP contribution in [-0.2, 0) is 4.74 Å². The summed E-state index contributed by atoms with van der Waals surface area (Å²) in [6.45, 7) is 0.907. The molecule has 0 amide bonds. The minimum atomic E-state index is -0.500. The van der Waals surface area contributed by atoms with E-state index in [0.717, 1.165) is 19.4 Å². The van der Waals surface area contributed by atoms with Crippen LogP contribution in [-0.4, -0.2) is 35.6 Å². The summed E-state index contributed by atoms with van der Waals surface area (Å²) in [6.07, 6.45) is 12.3. The fourth-order valence-corrected chi connectivity index (χ4v) is 2.14. The van der Waals surface area contributed by atoms with E-state index in [1.54, 1.807) is 0 Å². The van der Waals surface area contributed by atoms with Gasteiger partial charge in [0.05, 0.1) is 25.4 Å². The first-order valence-electron chi connectivity index (χ1n) is 7.23. The molecule has 0 aromatic rings. The molecule has 3 heteroatoms. The fourth-order valence-electron chi connectivity index (χ4n) is 2.14. The molecule has 0 aromatic heterocycles. The third-order valence-electron chi connectivity index (χ3n) is 3.43. The molecule has 0 unspecified atom stereocenters. The Hall–Kier alpha value is -0.120. The van der Waals surface area contributed by atoms with Gasteiger partial charge in [0.25, 0.3) is 0 Å². The molecule has 0 bridgehead atoms. The van der Waals surface area contributed by atoms with Crippen LogP contribution in [0.15, 0.2) is 0 Å². The molecule has 0 aromatic carbocycles. The van der Waals surface area contributed by atoms with Gasteiger partial charge < -0.3 is 14.9 Å². The van der Waals surface area contributed by atoms with Gasteiger partial charge in [-0.2, -0.15) is 0 Å². The minimum absolute atomic E-state index is 0.0926. The Morgan fingerprint density at radius 2 is 1.47 bits per heavy atom. The highest BCUT2D eigenvalue weighted by atomic mass is 16.6. The summed E-state index contributed by atoms with van der Waals surface area (Å²) in [7, 11) is 0. The van der Waals surface area contributed by atoms with E-state index < -0.39 is 6.10 Å². The number of aliphatic hydroxyl groups excluding tert-OH is 2. The third-order valence-corrected chi connectivity index (χ3v) is 3.43. The predicted molar refractivity (Wildman–Crippen MR) is 69.0 cm³/mol. The number of unbranched alkanes of at least 4 members (excludes halogenated alkanes) is 7. The second-order valence-corrected chi connectivity index (χ2v) is 5.20. The van der Waals surface area contributed by atoms with Crippen molar-refractivity contribution in [2.45, 2.75) is 76.4 Å². The van der Waals surface area contributed by atoms with E-state index in [-0.39, 0.29) is 6.61 Å². The van der Waals surface area contributed by atoms with Gasteiger partial charge in [-0.3, -0.25) is 0 Å². The topological polar surface area (TPSA) is 53.0 Å². The van der Waals surface area contributed by atoms with Crippen LogP contribution < -0.4 is 0 Å². The smallest absolute Gasteiger partial charge is 0.0810 e. The maximum Gasteiger partial charge on any atom is 0.0810 e. The summed E-state index contributed by atoms with van der Waals surface area (Å²) in [6, 6.07) is 0. The highest BCUT2D eigenvalue weighted by Gasteiger charge is 2.20. The number of aliphatic hydroxyl groups is 2. The van der Waals surface area contributed by atoms with Gasteiger partial charge in [0.15, 0.2) is 0 Å². The van der Waals surface area contributed by atoms with Crippen molar-refractivity contribution in [3.8, 4) is 0 Å². The van der Waals surface area contributed by atoms with E-state index in [9.17, 15) is 0 Å². The zero-order chi connectivity index (χ0) is 12.3. The number of ether oxygens (including phenoxy) is 1. The van der Waals surface area contributed by atoms with Crippen LogP contribution >= 0.6 is 0 Å². The second kappa shape index (κ2) is 9.86. The number of epoxide rings is 1. The Labute approximate surface area is 105 Å². The van der Waals surface area contributed by atoms with E-state index in [2.05, 4.69) is 0 Å². The average Bonchev–Trinajstić information content (AvgIpc) is 3.15. The van der Waals surface area contributed by atoms with Gasteiger partial charge in [0.1, 0.15) is 0 Å². The standard InChI is InChI=1S/C14H28O3/c15-11-13(16)9-7-5-3-1-2-4-6-8-10-14-12-17-14/h13-16H,1-12H2/t13-,14+/m0/s1. The first-order valence-corrected chi connectivity index (χ1v) is 7.23. The minimum Gasteiger partial charge on any atom is -0.394 e. The van der Waals surface area contributed by atoms with E-state index >= 15 is 0 Å². The summed E-state index contributed by atoms with van der Waals surface area (Å²) in [5.74, 6) is 0. The van der Waals surface area contributed by atoms with Crippen LogP contribution in [0.5, 0.6) is 0 Å². The summed E-state index contributed by atoms with van der Waals surface area (Å²) >= 11 is 0. The van der Waals surface area contributed by atoms with Crippen molar-refractivity contribution in [1.29, 1.82) is 0 Å². The monoisotopic (exact) mass is 244 g/mol. The van der Waals surface area contributed by atoms with Gasteiger partial charge >= 0.3 is 0 Å². The molecule has 3 nitrogen and oxygen atoms in total. The lowest BCUT2D eigenvalue weighted by Gasteiger charge is -2.06. The van der Waals surface area contributed by atoms with Gasteiger partial charge in [0, 0.05) is 0 Å². The van der Waals surface area contributed by atoms with Crippen molar-refractivity contribution in [3.05, 3.63) is 0 Å². The van der Waals surface area contributed by atoms with Gasteiger partial charge in [0.2, 0.25) is 0 Å². The summed E-state index contributed by atoms with van der Waals surface area (Å²) in [5, 5.41) is 17.8. The van der Waals surface area contributed by atoms with Crippen LogP contribution in [0.25, 0.3) is 0 Å². The van der Waals surface area contributed by atoms with Crippen molar-refractivity contribution < 1.29 is 14.9 Å². The predicted octanol–water partition coefficient (Wildman–Crippen LogP) is 2.64. The molecule has 2 atom stereocenters. The Morgan fingerprint density at radius 3 is 2.00 bits per heavy atom. The quantitative estimate of drug-likeness (QED) is 0.410. The summed E-state index contributed by atoms with van der Waals surface area (Å²) in [5.41, 5.74) is 0. The average molecular weight is 244 g/mol. The molecule has 0 radical (unpaired) electrons. The summed E-state index contributed by atoms with van der Waals surface area (Å²) < 4.78 is 5.17. The van der Waals surface area contributed by atoms with Crippen molar-refractivity contribution in [2.24, 2.45) is 0 Å². The molecule has 0 aliphatic carbocycles. The lowest BCUT2D eigenvalue weighted by molar-refractivity contribution is 0.0860. The van der Waals surface area contributed by atoms with Crippen LogP contribution in [0.1, 0.15) is 64.2 Å². The van der Waals surface area contributed by atoms with Gasteiger partial charge in [-0.25, -0.2) is 0 Å². The number of hydrogen-bond donors (Lipinski definition) is 2. The Balaban J connectivity index is 1.66. The van der Waals surface area contributed by atoms with Gasteiger partial charge in [-0.15, -0.1) is 0 Å². The summed E-state index contributed by atoms with van der Waals surface area (Å²) in [4.78, 5) is 0. The van der Waals surface area contributed by atoms with E-state index in [4.69, 9.17) is 14.9 Å². The zero-order valence-electron chi connectivity index (χ0n) is 10.9. The first kappa shape index (κ1) is 14.9. The normalized spacial score (nSPS) is 20.5. The Morgan fingerprint density at radius 1 is 0.941 bits per heavy atom. The maximum atomic E-state index is 9.15.